The number of para-hydroxylation sites is 2. The minimum atomic E-state index is 0.581. The van der Waals surface area contributed by atoms with Gasteiger partial charge in [-0.3, -0.25) is 0 Å². The summed E-state index contributed by atoms with van der Waals surface area (Å²) in [6.45, 7) is 18.7. The average molecular weight is 502 g/mol. The lowest BCUT2D eigenvalue weighted by atomic mass is 9.85. The summed E-state index contributed by atoms with van der Waals surface area (Å²) < 4.78 is 4.89. The van der Waals surface area contributed by atoms with Gasteiger partial charge in [0.05, 0.1) is 0 Å². The number of benzene rings is 2. The Kier molecular flexibility index (Phi) is 11.0. The molecule has 0 aliphatic carbocycles. The first-order chi connectivity index (χ1) is 18.0. The number of hydrogen-bond donors (Lipinski definition) is 0. The van der Waals surface area contributed by atoms with E-state index in [0.717, 1.165) is 0 Å². The molecule has 3 rings (SSSR count). The summed E-state index contributed by atoms with van der Waals surface area (Å²) in [5.41, 5.74) is 8.87. The van der Waals surface area contributed by atoms with Gasteiger partial charge in [0.25, 0.3) is 6.33 Å². The first-order valence-electron chi connectivity index (χ1n) is 15.4. The Bertz CT molecular complexity index is 946. The topological polar surface area (TPSA) is 8.81 Å². The first-order valence-corrected chi connectivity index (χ1v) is 15.4. The molecular formula is C35H53N2+. The van der Waals surface area contributed by atoms with Gasteiger partial charge in [-0.15, -0.1) is 0 Å². The van der Waals surface area contributed by atoms with Crippen molar-refractivity contribution < 1.29 is 4.57 Å². The second-order valence-electron chi connectivity index (χ2n) is 10.9. The molecule has 0 aliphatic heterocycles. The molecule has 1 aromatic heterocycles. The van der Waals surface area contributed by atoms with Gasteiger partial charge in [0.2, 0.25) is 0 Å². The van der Waals surface area contributed by atoms with E-state index in [1.165, 1.54) is 85.0 Å². The van der Waals surface area contributed by atoms with Crippen molar-refractivity contribution in [2.75, 3.05) is 0 Å². The van der Waals surface area contributed by atoms with Gasteiger partial charge in [-0.2, -0.15) is 0 Å². The zero-order valence-electron chi connectivity index (χ0n) is 25.1. The van der Waals surface area contributed by atoms with Crippen LogP contribution >= 0.6 is 0 Å². The summed E-state index contributed by atoms with van der Waals surface area (Å²) >= 11 is 0. The fourth-order valence-corrected chi connectivity index (χ4v) is 6.61. The van der Waals surface area contributed by atoms with Gasteiger partial charge in [0.1, 0.15) is 23.8 Å². The standard InChI is InChI=1S/C35H53N2/c1-9-26(10-2)30-19-17-20-31(27(11-3)12-4)34(30)36-23-24-37(25-36)35-32(28(13-5)14-6)21-18-22-33(35)29(15-7)16-8/h17-29H,9-16H2,1-8H3/q+1. The van der Waals surface area contributed by atoms with Gasteiger partial charge in [-0.05, 0) is 75.0 Å². The molecule has 2 heteroatoms. The molecule has 0 atom stereocenters. The van der Waals surface area contributed by atoms with Gasteiger partial charge >= 0.3 is 0 Å². The van der Waals surface area contributed by atoms with Crippen LogP contribution in [0.2, 0.25) is 0 Å². The summed E-state index contributed by atoms with van der Waals surface area (Å²) in [5, 5.41) is 0. The Morgan fingerprint density at radius 1 is 0.541 bits per heavy atom. The lowest BCUT2D eigenvalue weighted by Crippen LogP contribution is -2.32. The zero-order valence-corrected chi connectivity index (χ0v) is 25.1. The van der Waals surface area contributed by atoms with E-state index in [9.17, 15) is 0 Å². The zero-order chi connectivity index (χ0) is 26.9. The summed E-state index contributed by atoms with van der Waals surface area (Å²) in [5.74, 6) is 2.32. The normalized spacial score (nSPS) is 12.0. The molecule has 1 heterocycles. The monoisotopic (exact) mass is 501 g/mol. The molecule has 0 bridgehead atoms. The van der Waals surface area contributed by atoms with Crippen LogP contribution in [0.5, 0.6) is 0 Å². The molecule has 0 N–H and O–H groups in total. The average Bonchev–Trinajstić information content (AvgIpc) is 3.41. The van der Waals surface area contributed by atoms with Crippen LogP contribution in [0.3, 0.4) is 0 Å². The third-order valence-corrected chi connectivity index (χ3v) is 9.05. The van der Waals surface area contributed by atoms with E-state index in [4.69, 9.17) is 0 Å². The third kappa shape index (κ3) is 6.05. The predicted octanol–water partition coefficient (Wildman–Crippen LogP) is 10.4. The Morgan fingerprint density at radius 2 is 0.892 bits per heavy atom. The van der Waals surface area contributed by atoms with E-state index in [1.54, 1.807) is 0 Å². The molecular weight excluding hydrogens is 448 g/mol. The van der Waals surface area contributed by atoms with Gasteiger partial charge in [-0.1, -0.05) is 91.8 Å². The molecule has 37 heavy (non-hydrogen) atoms. The van der Waals surface area contributed by atoms with Crippen molar-refractivity contribution in [3.8, 4) is 11.4 Å². The molecule has 0 aliphatic rings. The van der Waals surface area contributed by atoms with Crippen LogP contribution in [0.25, 0.3) is 11.4 Å². The van der Waals surface area contributed by atoms with Crippen molar-refractivity contribution in [3.63, 3.8) is 0 Å². The molecule has 0 spiro atoms. The van der Waals surface area contributed by atoms with Crippen LogP contribution in [0.1, 0.15) is 153 Å². The number of nitrogens with zero attached hydrogens (tertiary/aromatic N) is 2. The van der Waals surface area contributed by atoms with Crippen molar-refractivity contribution in [1.82, 2.24) is 4.57 Å². The van der Waals surface area contributed by atoms with Crippen LogP contribution in [0.4, 0.5) is 0 Å². The fourth-order valence-electron chi connectivity index (χ4n) is 6.61. The summed E-state index contributed by atoms with van der Waals surface area (Å²) in [6, 6.07) is 14.1. The maximum absolute atomic E-state index is 2.45. The predicted molar refractivity (Wildman–Crippen MR) is 161 cm³/mol. The molecule has 0 amide bonds. The van der Waals surface area contributed by atoms with Crippen LogP contribution in [-0.4, -0.2) is 4.57 Å². The smallest absolute Gasteiger partial charge is 0.201 e. The maximum Gasteiger partial charge on any atom is 0.254 e. The van der Waals surface area contributed by atoms with Gasteiger partial charge in [0.15, 0.2) is 0 Å². The van der Waals surface area contributed by atoms with Crippen LogP contribution in [-0.2, 0) is 0 Å². The number of aromatic nitrogens is 2. The van der Waals surface area contributed by atoms with E-state index in [-0.39, 0.29) is 0 Å². The van der Waals surface area contributed by atoms with E-state index < -0.39 is 0 Å². The second-order valence-corrected chi connectivity index (χ2v) is 10.9. The highest BCUT2D eigenvalue weighted by atomic mass is 15.1. The summed E-state index contributed by atoms with van der Waals surface area (Å²) in [4.78, 5) is 0. The third-order valence-electron chi connectivity index (χ3n) is 9.05. The quantitative estimate of drug-likeness (QED) is 0.194. The largest absolute Gasteiger partial charge is 0.254 e. The Morgan fingerprint density at radius 3 is 1.27 bits per heavy atom. The van der Waals surface area contributed by atoms with E-state index >= 15 is 0 Å². The van der Waals surface area contributed by atoms with Gasteiger partial charge in [-0.25, -0.2) is 9.13 Å². The molecule has 0 radical (unpaired) electrons. The van der Waals surface area contributed by atoms with Crippen LogP contribution in [0, 0.1) is 0 Å². The molecule has 0 fully saturated rings. The number of imidazole rings is 1. The molecule has 0 unspecified atom stereocenters. The first kappa shape index (κ1) is 29.2. The highest BCUT2D eigenvalue weighted by Gasteiger charge is 2.27. The number of hydrogen-bond acceptors (Lipinski definition) is 0. The lowest BCUT2D eigenvalue weighted by molar-refractivity contribution is -0.596. The van der Waals surface area contributed by atoms with Crippen molar-refractivity contribution >= 4 is 0 Å². The molecule has 202 valence electrons. The Hall–Kier alpha value is -2.35. The highest BCUT2D eigenvalue weighted by Crippen LogP contribution is 2.37. The summed E-state index contributed by atoms with van der Waals surface area (Å²) in [6.07, 6.45) is 16.4. The molecule has 2 aromatic carbocycles. The highest BCUT2D eigenvalue weighted by molar-refractivity contribution is 5.52. The molecule has 3 aromatic rings. The van der Waals surface area contributed by atoms with Crippen molar-refractivity contribution in [2.24, 2.45) is 0 Å². The van der Waals surface area contributed by atoms with Crippen LogP contribution < -0.4 is 4.57 Å². The second kappa shape index (κ2) is 14.0. The summed E-state index contributed by atoms with van der Waals surface area (Å²) in [7, 11) is 0. The van der Waals surface area contributed by atoms with Crippen molar-refractivity contribution in [3.05, 3.63) is 77.4 Å². The number of rotatable bonds is 14. The fraction of sp³-hybridized carbons (Fsp3) is 0.571. The van der Waals surface area contributed by atoms with E-state index in [1.807, 2.05) is 0 Å². The molecule has 2 nitrogen and oxygen atoms in total. The van der Waals surface area contributed by atoms with E-state index in [0.29, 0.717) is 23.7 Å². The maximum atomic E-state index is 2.45. The SMILES string of the molecule is CCC(CC)c1cccc(C(CC)CC)c1-n1cc[n+](-c2c(C(CC)CC)cccc2C(CC)CC)c1. The lowest BCUT2D eigenvalue weighted by Gasteiger charge is -2.22. The minimum Gasteiger partial charge on any atom is -0.201 e. The molecule has 0 saturated heterocycles. The van der Waals surface area contributed by atoms with Crippen molar-refractivity contribution in [1.29, 1.82) is 0 Å². The van der Waals surface area contributed by atoms with E-state index in [2.05, 4.69) is 120 Å². The molecule has 0 saturated carbocycles. The van der Waals surface area contributed by atoms with Gasteiger partial charge < -0.3 is 0 Å². The Labute approximate surface area is 228 Å². The van der Waals surface area contributed by atoms with Gasteiger partial charge in [0, 0.05) is 22.3 Å². The Balaban J connectivity index is 2.29. The minimum absolute atomic E-state index is 0.581. The van der Waals surface area contributed by atoms with Crippen molar-refractivity contribution in [2.45, 2.75) is 130 Å². The van der Waals surface area contributed by atoms with Crippen LogP contribution in [0.15, 0.2) is 55.1 Å².